The maximum atomic E-state index is 11.9. The maximum Gasteiger partial charge on any atom is 0.262 e. The van der Waals surface area contributed by atoms with E-state index in [1.165, 1.54) is 0 Å². The van der Waals surface area contributed by atoms with Gasteiger partial charge in [-0.1, -0.05) is 11.3 Å². The van der Waals surface area contributed by atoms with Crippen LogP contribution in [-0.2, 0) is 13.0 Å². The molecule has 4 N–H and O–H groups in total. The monoisotopic (exact) mass is 352 g/mol. The molecule has 2 aromatic rings. The fourth-order valence-electron chi connectivity index (χ4n) is 1.90. The van der Waals surface area contributed by atoms with E-state index in [2.05, 4.69) is 9.97 Å². The number of hydrogen-bond acceptors (Lipinski definition) is 5. The third kappa shape index (κ3) is 4.41. The van der Waals surface area contributed by atoms with Crippen molar-refractivity contribution in [3.8, 4) is 0 Å². The van der Waals surface area contributed by atoms with Crippen molar-refractivity contribution in [1.82, 2.24) is 9.97 Å². The molecule has 0 saturated heterocycles. The number of aromatic nitrogens is 3. The van der Waals surface area contributed by atoms with E-state index in [0.717, 1.165) is 10.6 Å². The first kappa shape index (κ1) is 19.9. The smallest absolute Gasteiger partial charge is 0.262 e. The van der Waals surface area contributed by atoms with Crippen LogP contribution in [0.3, 0.4) is 0 Å². The lowest BCUT2D eigenvalue weighted by atomic mass is 10.2. The second-order valence-corrected chi connectivity index (χ2v) is 5.29. The number of aromatic amines is 1. The predicted molar refractivity (Wildman–Crippen MR) is 80.4 cm³/mol. The lowest BCUT2D eigenvalue weighted by Crippen LogP contribution is -3.00. The van der Waals surface area contributed by atoms with Crippen molar-refractivity contribution < 1.29 is 22.1 Å². The van der Waals surface area contributed by atoms with Crippen LogP contribution in [0.25, 0.3) is 0 Å². The molecule has 21 heavy (non-hydrogen) atoms. The number of nitrogens with one attached hydrogen (secondary N) is 1. The van der Waals surface area contributed by atoms with Gasteiger partial charge in [-0.25, -0.2) is 4.98 Å². The Hall–Kier alpha value is -1.15. The third-order valence-corrected chi connectivity index (χ3v) is 4.13. The Morgan fingerprint density at radius 1 is 1.48 bits per heavy atom. The Balaban J connectivity index is 0.00000200. The van der Waals surface area contributed by atoms with Gasteiger partial charge in [0, 0.05) is 20.0 Å². The van der Waals surface area contributed by atoms with Gasteiger partial charge in [0.05, 0.1) is 4.88 Å². The standard InChI is InChI=1S/C12H16N4O2S.2ClH/c1-7-10(3-4-17)19-6-16(7)5-9-11(13)14-8(2)15-12(9)18;;/h6,17H,3-5H2,1-2H3,(H2-,13,14,15,18);2*1H. The Labute approximate surface area is 138 Å². The Morgan fingerprint density at radius 3 is 2.71 bits per heavy atom. The van der Waals surface area contributed by atoms with E-state index < -0.39 is 0 Å². The molecule has 0 amide bonds. The number of hydrogen-bond donors (Lipinski definition) is 3. The number of aryl methyl sites for hydroxylation is 1. The summed E-state index contributed by atoms with van der Waals surface area (Å²) < 4.78 is 1.95. The summed E-state index contributed by atoms with van der Waals surface area (Å²) in [6.07, 6.45) is 0.626. The Bertz CT molecular complexity index is 657. The van der Waals surface area contributed by atoms with Crippen molar-refractivity contribution in [2.45, 2.75) is 26.8 Å². The number of thiazole rings is 1. The molecule has 2 aromatic heterocycles. The number of H-pyrrole nitrogens is 1. The molecule has 9 heteroatoms. The lowest BCUT2D eigenvalue weighted by Gasteiger charge is -2.02. The number of nitrogens with zero attached hydrogens (tertiary/aromatic N) is 2. The number of halogens is 2. The summed E-state index contributed by atoms with van der Waals surface area (Å²) in [5, 5.41) is 8.97. The van der Waals surface area contributed by atoms with Crippen LogP contribution < -0.4 is 28.3 Å². The van der Waals surface area contributed by atoms with Gasteiger partial charge in [-0.15, -0.1) is 12.4 Å². The first-order valence-electron chi connectivity index (χ1n) is 5.95. The molecule has 118 valence electrons. The van der Waals surface area contributed by atoms with Crippen LogP contribution in [0, 0.1) is 13.8 Å². The average Bonchev–Trinajstić information content (AvgIpc) is 2.66. The summed E-state index contributed by atoms with van der Waals surface area (Å²) in [6.45, 7) is 4.18. The fourth-order valence-corrected chi connectivity index (χ4v) is 2.89. The molecule has 0 aliphatic heterocycles. The van der Waals surface area contributed by atoms with E-state index in [4.69, 9.17) is 10.8 Å². The Morgan fingerprint density at radius 2 is 2.14 bits per heavy atom. The number of aliphatic hydroxyl groups is 1. The molecule has 0 spiro atoms. The SMILES string of the molecule is Cc1nc(N)c(C[n+]2csc(CCO)c2C)c(=O)[nH]1.Cl.[Cl-]. The van der Waals surface area contributed by atoms with Crippen LogP contribution in [0.2, 0.25) is 0 Å². The summed E-state index contributed by atoms with van der Waals surface area (Å²) in [5.74, 6) is 0.780. The van der Waals surface area contributed by atoms with Crippen LogP contribution in [0.5, 0.6) is 0 Å². The molecule has 0 bridgehead atoms. The lowest BCUT2D eigenvalue weighted by molar-refractivity contribution is -0.689. The molecule has 0 unspecified atom stereocenters. The zero-order valence-electron chi connectivity index (χ0n) is 11.7. The molecular formula is C12H18Cl2N4O2S. The van der Waals surface area contributed by atoms with Crippen LogP contribution in [0.15, 0.2) is 10.3 Å². The van der Waals surface area contributed by atoms with E-state index in [1.807, 2.05) is 17.0 Å². The van der Waals surface area contributed by atoms with E-state index in [1.54, 1.807) is 18.3 Å². The van der Waals surface area contributed by atoms with E-state index >= 15 is 0 Å². The number of anilines is 1. The molecule has 0 fully saturated rings. The summed E-state index contributed by atoms with van der Waals surface area (Å²) in [5.41, 5.74) is 9.04. The van der Waals surface area contributed by atoms with Crippen molar-refractivity contribution in [1.29, 1.82) is 0 Å². The van der Waals surface area contributed by atoms with Crippen LogP contribution >= 0.6 is 23.7 Å². The highest BCUT2D eigenvalue weighted by molar-refractivity contribution is 7.09. The first-order chi connectivity index (χ1) is 9.02. The molecular weight excluding hydrogens is 335 g/mol. The first-order valence-corrected chi connectivity index (χ1v) is 6.83. The summed E-state index contributed by atoms with van der Waals surface area (Å²) in [6, 6.07) is 0. The van der Waals surface area contributed by atoms with Gasteiger partial charge in [-0.3, -0.25) is 4.79 Å². The summed E-state index contributed by atoms with van der Waals surface area (Å²) in [4.78, 5) is 19.7. The van der Waals surface area contributed by atoms with Crippen molar-refractivity contribution in [3.63, 3.8) is 0 Å². The van der Waals surface area contributed by atoms with E-state index in [0.29, 0.717) is 24.4 Å². The van der Waals surface area contributed by atoms with Gasteiger partial charge in [0.2, 0.25) is 5.51 Å². The van der Waals surface area contributed by atoms with E-state index in [-0.39, 0.29) is 42.8 Å². The number of aliphatic hydroxyl groups excluding tert-OH is 1. The van der Waals surface area contributed by atoms with Crippen molar-refractivity contribution in [3.05, 3.63) is 37.8 Å². The van der Waals surface area contributed by atoms with Gasteiger partial charge in [0.1, 0.15) is 17.2 Å². The van der Waals surface area contributed by atoms with Crippen molar-refractivity contribution in [2.75, 3.05) is 12.3 Å². The Kier molecular flexibility index (Phi) is 7.87. The van der Waals surface area contributed by atoms with E-state index in [9.17, 15) is 4.79 Å². The summed E-state index contributed by atoms with van der Waals surface area (Å²) >= 11 is 1.56. The molecule has 0 aliphatic rings. The zero-order chi connectivity index (χ0) is 14.0. The number of rotatable bonds is 4. The average molecular weight is 353 g/mol. The van der Waals surface area contributed by atoms with Crippen molar-refractivity contribution in [2.24, 2.45) is 0 Å². The molecule has 0 aromatic carbocycles. The molecule has 2 heterocycles. The van der Waals surface area contributed by atoms with Gasteiger partial charge in [-0.05, 0) is 6.92 Å². The van der Waals surface area contributed by atoms with Crippen LogP contribution in [0.1, 0.15) is 22.0 Å². The second kappa shape index (κ2) is 8.33. The highest BCUT2D eigenvalue weighted by atomic mass is 35.5. The van der Waals surface area contributed by atoms with Crippen molar-refractivity contribution >= 4 is 29.6 Å². The van der Waals surface area contributed by atoms with Gasteiger partial charge >= 0.3 is 0 Å². The maximum absolute atomic E-state index is 11.9. The highest BCUT2D eigenvalue weighted by Crippen LogP contribution is 2.12. The van der Waals surface area contributed by atoms with Gasteiger partial charge in [-0.2, -0.15) is 4.57 Å². The van der Waals surface area contributed by atoms with Crippen LogP contribution in [-0.4, -0.2) is 21.7 Å². The fraction of sp³-hybridized carbons (Fsp3) is 0.417. The van der Waals surface area contributed by atoms with Gasteiger partial charge in [0.25, 0.3) is 5.56 Å². The minimum Gasteiger partial charge on any atom is -1.00 e. The molecule has 0 atom stereocenters. The summed E-state index contributed by atoms with van der Waals surface area (Å²) in [7, 11) is 0. The molecule has 0 saturated carbocycles. The second-order valence-electron chi connectivity index (χ2n) is 4.35. The third-order valence-electron chi connectivity index (χ3n) is 2.99. The normalized spacial score (nSPS) is 9.86. The quantitative estimate of drug-likeness (QED) is 0.523. The van der Waals surface area contributed by atoms with Gasteiger partial charge in [0.15, 0.2) is 12.2 Å². The molecule has 6 nitrogen and oxygen atoms in total. The molecule has 2 rings (SSSR count). The number of nitrogen functional groups attached to an aromatic ring is 1. The zero-order valence-corrected chi connectivity index (χ0v) is 14.1. The van der Waals surface area contributed by atoms with Gasteiger partial charge < -0.3 is 28.2 Å². The molecule has 0 aliphatic carbocycles. The molecule has 0 radical (unpaired) electrons. The number of nitrogens with two attached hydrogens (primary N) is 1. The largest absolute Gasteiger partial charge is 1.00 e. The minimum absolute atomic E-state index is 0. The predicted octanol–water partition coefficient (Wildman–Crippen LogP) is -2.67. The topological polar surface area (TPSA) is 95.9 Å². The highest BCUT2D eigenvalue weighted by Gasteiger charge is 2.19. The minimum atomic E-state index is -0.202. The van der Waals surface area contributed by atoms with Crippen LogP contribution in [0.4, 0.5) is 5.82 Å².